The molecule has 112 valence electrons. The van der Waals surface area contributed by atoms with Crippen molar-refractivity contribution in [2.45, 2.75) is 13.5 Å². The average molecular weight is 314 g/mol. The highest BCUT2D eigenvalue weighted by atomic mass is 32.1. The molecule has 6 heteroatoms. The predicted molar refractivity (Wildman–Crippen MR) is 83.8 cm³/mol. The van der Waals surface area contributed by atoms with Crippen LogP contribution in [0.5, 0.6) is 5.75 Å². The lowest BCUT2D eigenvalue weighted by Gasteiger charge is -2.07. The fourth-order valence-electron chi connectivity index (χ4n) is 2.01. The molecule has 0 fully saturated rings. The summed E-state index contributed by atoms with van der Waals surface area (Å²) in [5.41, 5.74) is 6.38. The standard InChI is InChI=1S/C16H14N2O3S/c1-10-12(18-16(21-10)14-7-4-8-22-14)9-20-13-6-3-2-5-11(13)15(17)19/h2-8H,9H2,1H3,(H2,17,19). The van der Waals surface area contributed by atoms with Crippen molar-refractivity contribution >= 4 is 17.2 Å². The quantitative estimate of drug-likeness (QED) is 0.783. The van der Waals surface area contributed by atoms with E-state index >= 15 is 0 Å². The lowest BCUT2D eigenvalue weighted by Crippen LogP contribution is -2.13. The number of para-hydroxylation sites is 1. The molecule has 1 amide bonds. The van der Waals surface area contributed by atoms with Gasteiger partial charge in [-0.3, -0.25) is 4.79 Å². The smallest absolute Gasteiger partial charge is 0.252 e. The molecule has 0 bridgehead atoms. The number of primary amides is 1. The largest absolute Gasteiger partial charge is 0.486 e. The molecule has 0 aliphatic rings. The van der Waals surface area contributed by atoms with Crippen LogP contribution >= 0.6 is 11.3 Å². The van der Waals surface area contributed by atoms with Crippen molar-refractivity contribution in [1.29, 1.82) is 0 Å². The Balaban J connectivity index is 1.79. The van der Waals surface area contributed by atoms with E-state index in [0.717, 1.165) is 4.88 Å². The number of nitrogens with two attached hydrogens (primary N) is 1. The Morgan fingerprint density at radius 3 is 2.86 bits per heavy atom. The van der Waals surface area contributed by atoms with Gasteiger partial charge in [-0.25, -0.2) is 4.98 Å². The second-order valence-corrected chi connectivity index (χ2v) is 5.60. The highest BCUT2D eigenvalue weighted by Gasteiger charge is 2.14. The van der Waals surface area contributed by atoms with Crippen LogP contribution in [0.2, 0.25) is 0 Å². The van der Waals surface area contributed by atoms with Gasteiger partial charge in [0, 0.05) is 0 Å². The van der Waals surface area contributed by atoms with Gasteiger partial charge in [-0.15, -0.1) is 11.3 Å². The van der Waals surface area contributed by atoms with Gasteiger partial charge >= 0.3 is 0 Å². The van der Waals surface area contributed by atoms with Gasteiger partial charge < -0.3 is 14.9 Å². The molecule has 3 rings (SSSR count). The number of rotatable bonds is 5. The number of oxazole rings is 1. The summed E-state index contributed by atoms with van der Waals surface area (Å²) in [5, 5.41) is 1.97. The van der Waals surface area contributed by atoms with Crippen LogP contribution in [0, 0.1) is 6.92 Å². The third-order valence-electron chi connectivity index (χ3n) is 3.14. The highest BCUT2D eigenvalue weighted by molar-refractivity contribution is 7.13. The lowest BCUT2D eigenvalue weighted by molar-refractivity contribution is 0.0996. The van der Waals surface area contributed by atoms with Crippen LogP contribution in [0.15, 0.2) is 46.2 Å². The van der Waals surface area contributed by atoms with E-state index in [4.69, 9.17) is 14.9 Å². The molecule has 1 aromatic carbocycles. The summed E-state index contributed by atoms with van der Waals surface area (Å²) >= 11 is 1.56. The number of aromatic nitrogens is 1. The fraction of sp³-hybridized carbons (Fsp3) is 0.125. The molecule has 0 saturated carbocycles. The van der Waals surface area contributed by atoms with Gasteiger partial charge in [0.15, 0.2) is 0 Å². The summed E-state index contributed by atoms with van der Waals surface area (Å²) in [6, 6.07) is 10.7. The summed E-state index contributed by atoms with van der Waals surface area (Å²) in [6.45, 7) is 2.05. The number of thiophene rings is 1. The predicted octanol–water partition coefficient (Wildman–Crippen LogP) is 3.39. The maximum absolute atomic E-state index is 11.4. The third-order valence-corrected chi connectivity index (χ3v) is 4.00. The highest BCUT2D eigenvalue weighted by Crippen LogP contribution is 2.27. The Morgan fingerprint density at radius 1 is 1.32 bits per heavy atom. The summed E-state index contributed by atoms with van der Waals surface area (Å²) in [7, 11) is 0. The molecule has 2 N–H and O–H groups in total. The van der Waals surface area contributed by atoms with E-state index in [9.17, 15) is 4.79 Å². The van der Waals surface area contributed by atoms with Crippen molar-refractivity contribution in [3.63, 3.8) is 0 Å². The molecular formula is C16H14N2O3S. The van der Waals surface area contributed by atoms with E-state index in [1.165, 1.54) is 0 Å². The van der Waals surface area contributed by atoms with E-state index in [1.807, 2.05) is 24.4 Å². The molecule has 0 radical (unpaired) electrons. The monoisotopic (exact) mass is 314 g/mol. The summed E-state index contributed by atoms with van der Waals surface area (Å²) in [4.78, 5) is 16.8. The second-order valence-electron chi connectivity index (χ2n) is 4.65. The van der Waals surface area contributed by atoms with Crippen molar-refractivity contribution in [2.24, 2.45) is 5.73 Å². The van der Waals surface area contributed by atoms with Crippen LogP contribution in [0.4, 0.5) is 0 Å². The van der Waals surface area contributed by atoms with Crippen molar-refractivity contribution in [3.05, 3.63) is 58.8 Å². The van der Waals surface area contributed by atoms with Crippen molar-refractivity contribution in [2.75, 3.05) is 0 Å². The molecular weight excluding hydrogens is 300 g/mol. The Morgan fingerprint density at radius 2 is 2.14 bits per heavy atom. The SMILES string of the molecule is Cc1oc(-c2cccs2)nc1COc1ccccc1C(N)=O. The molecule has 0 atom stereocenters. The third kappa shape index (κ3) is 2.87. The molecule has 0 spiro atoms. The Kier molecular flexibility index (Phi) is 3.93. The number of benzene rings is 1. The van der Waals surface area contributed by atoms with Crippen LogP contribution in [0.25, 0.3) is 10.8 Å². The maximum atomic E-state index is 11.4. The zero-order valence-corrected chi connectivity index (χ0v) is 12.7. The molecule has 0 aliphatic carbocycles. The molecule has 2 heterocycles. The fourth-order valence-corrected chi connectivity index (χ4v) is 2.66. The van der Waals surface area contributed by atoms with E-state index < -0.39 is 5.91 Å². The van der Waals surface area contributed by atoms with Gasteiger partial charge in [0.25, 0.3) is 5.91 Å². The maximum Gasteiger partial charge on any atom is 0.252 e. The first kappa shape index (κ1) is 14.3. The van der Waals surface area contributed by atoms with E-state index in [0.29, 0.717) is 28.7 Å². The minimum absolute atomic E-state index is 0.213. The average Bonchev–Trinajstić information content (AvgIpc) is 3.15. The molecule has 0 unspecified atom stereocenters. The topological polar surface area (TPSA) is 78.3 Å². The van der Waals surface area contributed by atoms with E-state index in [2.05, 4.69) is 4.98 Å². The van der Waals surface area contributed by atoms with Gasteiger partial charge in [-0.2, -0.15) is 0 Å². The van der Waals surface area contributed by atoms with Crippen LogP contribution in [0.3, 0.4) is 0 Å². The number of carbonyl (C=O) groups is 1. The summed E-state index contributed by atoms with van der Waals surface area (Å²) < 4.78 is 11.3. The Hall–Kier alpha value is -2.60. The summed E-state index contributed by atoms with van der Waals surface area (Å²) in [6.07, 6.45) is 0. The molecule has 22 heavy (non-hydrogen) atoms. The second kappa shape index (κ2) is 6.03. The van der Waals surface area contributed by atoms with Crippen molar-refractivity contribution in [3.8, 4) is 16.5 Å². The Bertz CT molecular complexity index is 794. The number of aryl methyl sites for hydroxylation is 1. The lowest BCUT2D eigenvalue weighted by atomic mass is 10.2. The Labute approximate surface area is 131 Å². The number of nitrogens with zero attached hydrogens (tertiary/aromatic N) is 1. The van der Waals surface area contributed by atoms with Gasteiger partial charge in [-0.05, 0) is 30.5 Å². The molecule has 5 nitrogen and oxygen atoms in total. The number of hydrogen-bond donors (Lipinski definition) is 1. The zero-order valence-electron chi connectivity index (χ0n) is 11.9. The minimum Gasteiger partial charge on any atom is -0.486 e. The first-order valence-corrected chi connectivity index (χ1v) is 7.55. The molecule has 2 aromatic heterocycles. The molecule has 0 saturated heterocycles. The van der Waals surface area contributed by atoms with Gasteiger partial charge in [0.1, 0.15) is 23.8 Å². The van der Waals surface area contributed by atoms with Gasteiger partial charge in [0.05, 0.1) is 10.4 Å². The van der Waals surface area contributed by atoms with Crippen molar-refractivity contribution in [1.82, 2.24) is 4.98 Å². The molecule has 0 aliphatic heterocycles. The van der Waals surface area contributed by atoms with Gasteiger partial charge in [0.2, 0.25) is 5.89 Å². The molecule has 3 aromatic rings. The zero-order chi connectivity index (χ0) is 15.5. The van der Waals surface area contributed by atoms with Crippen LogP contribution < -0.4 is 10.5 Å². The number of amides is 1. The number of hydrogen-bond acceptors (Lipinski definition) is 5. The first-order valence-electron chi connectivity index (χ1n) is 6.67. The summed E-state index contributed by atoms with van der Waals surface area (Å²) in [5.74, 6) is 1.19. The normalized spacial score (nSPS) is 10.6. The van der Waals surface area contributed by atoms with E-state index in [1.54, 1.807) is 35.6 Å². The van der Waals surface area contributed by atoms with E-state index in [-0.39, 0.29) is 6.61 Å². The van der Waals surface area contributed by atoms with Crippen LogP contribution in [0.1, 0.15) is 21.8 Å². The van der Waals surface area contributed by atoms with Crippen molar-refractivity contribution < 1.29 is 13.9 Å². The number of ether oxygens (including phenoxy) is 1. The first-order chi connectivity index (χ1) is 10.6. The minimum atomic E-state index is -0.522. The van der Waals surface area contributed by atoms with Crippen LogP contribution in [-0.2, 0) is 6.61 Å². The van der Waals surface area contributed by atoms with Crippen LogP contribution in [-0.4, -0.2) is 10.9 Å². The van der Waals surface area contributed by atoms with Gasteiger partial charge in [-0.1, -0.05) is 18.2 Å². The number of carbonyl (C=O) groups excluding carboxylic acids is 1.